The van der Waals surface area contributed by atoms with Crippen molar-refractivity contribution in [3.05, 3.63) is 0 Å². The summed E-state index contributed by atoms with van der Waals surface area (Å²) in [6.07, 6.45) is 0.983. The molecule has 0 aromatic heterocycles. The van der Waals surface area contributed by atoms with Crippen molar-refractivity contribution in [1.29, 1.82) is 0 Å². The zero-order valence-electron chi connectivity index (χ0n) is 7.66. The summed E-state index contributed by atoms with van der Waals surface area (Å²) in [5.41, 5.74) is -1.17. The first-order valence-electron chi connectivity index (χ1n) is 4.10. The van der Waals surface area contributed by atoms with E-state index in [0.29, 0.717) is 0 Å². The Morgan fingerprint density at radius 3 is 2.38 bits per heavy atom. The SMILES string of the molecule is COC(=O)NC(C)(C(=O)O)C1CC1. The number of carbonyl (C=O) groups is 2. The Labute approximate surface area is 76.1 Å². The predicted octanol–water partition coefficient (Wildman–Crippen LogP) is 0.596. The van der Waals surface area contributed by atoms with Gasteiger partial charge in [0.25, 0.3) is 0 Å². The highest BCUT2D eigenvalue weighted by Crippen LogP contribution is 2.39. The van der Waals surface area contributed by atoms with Gasteiger partial charge >= 0.3 is 12.1 Å². The second-order valence-corrected chi connectivity index (χ2v) is 3.40. The maximum atomic E-state index is 10.9. The van der Waals surface area contributed by atoms with Crippen LogP contribution in [0.15, 0.2) is 0 Å². The van der Waals surface area contributed by atoms with Crippen LogP contribution < -0.4 is 5.32 Å². The minimum absolute atomic E-state index is 0.0316. The van der Waals surface area contributed by atoms with Gasteiger partial charge in [-0.2, -0.15) is 0 Å². The molecule has 2 N–H and O–H groups in total. The predicted molar refractivity (Wildman–Crippen MR) is 44.3 cm³/mol. The molecule has 1 fully saturated rings. The number of ether oxygens (including phenoxy) is 1. The lowest BCUT2D eigenvalue weighted by Gasteiger charge is -2.24. The molecular formula is C8H13NO4. The van der Waals surface area contributed by atoms with Crippen LogP contribution in [0.25, 0.3) is 0 Å². The Kier molecular flexibility index (Phi) is 2.45. The molecule has 1 amide bonds. The number of nitrogens with one attached hydrogen (secondary N) is 1. The summed E-state index contributed by atoms with van der Waals surface area (Å²) in [6.45, 7) is 1.50. The largest absolute Gasteiger partial charge is 0.480 e. The summed E-state index contributed by atoms with van der Waals surface area (Å²) in [5, 5.41) is 11.3. The van der Waals surface area contributed by atoms with E-state index in [2.05, 4.69) is 10.1 Å². The molecule has 1 aliphatic rings. The highest BCUT2D eigenvalue weighted by molar-refractivity contribution is 5.84. The van der Waals surface area contributed by atoms with Crippen LogP contribution in [0.1, 0.15) is 19.8 Å². The summed E-state index contributed by atoms with van der Waals surface area (Å²) >= 11 is 0. The lowest BCUT2D eigenvalue weighted by Crippen LogP contribution is -2.53. The molecule has 0 aliphatic heterocycles. The molecule has 1 rings (SSSR count). The van der Waals surface area contributed by atoms with Gasteiger partial charge in [0.15, 0.2) is 0 Å². The zero-order valence-corrected chi connectivity index (χ0v) is 7.66. The highest BCUT2D eigenvalue weighted by atomic mass is 16.5. The highest BCUT2D eigenvalue weighted by Gasteiger charge is 2.48. The van der Waals surface area contributed by atoms with Crippen LogP contribution in [0, 0.1) is 5.92 Å². The van der Waals surface area contributed by atoms with Crippen LogP contribution >= 0.6 is 0 Å². The van der Waals surface area contributed by atoms with Gasteiger partial charge in [0.1, 0.15) is 5.54 Å². The van der Waals surface area contributed by atoms with Crippen molar-refractivity contribution in [1.82, 2.24) is 5.32 Å². The zero-order chi connectivity index (χ0) is 10.1. The first-order valence-corrected chi connectivity index (χ1v) is 4.10. The van der Waals surface area contributed by atoms with E-state index in [1.165, 1.54) is 14.0 Å². The maximum absolute atomic E-state index is 10.9. The Morgan fingerprint density at radius 1 is 1.54 bits per heavy atom. The molecule has 0 aromatic rings. The Hall–Kier alpha value is -1.26. The molecule has 5 heteroatoms. The van der Waals surface area contributed by atoms with Crippen molar-refractivity contribution in [2.75, 3.05) is 7.11 Å². The number of amides is 1. The number of rotatable bonds is 3. The number of aliphatic carboxylic acids is 1. The Morgan fingerprint density at radius 2 is 2.08 bits per heavy atom. The van der Waals surface area contributed by atoms with Crippen molar-refractivity contribution >= 4 is 12.1 Å². The summed E-state index contributed by atoms with van der Waals surface area (Å²) in [4.78, 5) is 21.8. The van der Waals surface area contributed by atoms with Crippen LogP contribution in [0.4, 0.5) is 4.79 Å². The average Bonchev–Trinajstić information content (AvgIpc) is 2.85. The number of carbonyl (C=O) groups excluding carboxylic acids is 1. The lowest BCUT2D eigenvalue weighted by atomic mass is 9.96. The molecule has 0 saturated heterocycles. The summed E-state index contributed by atoms with van der Waals surface area (Å²) in [6, 6.07) is 0. The Balaban J connectivity index is 2.67. The monoisotopic (exact) mass is 187 g/mol. The fourth-order valence-corrected chi connectivity index (χ4v) is 1.25. The molecule has 74 valence electrons. The smallest absolute Gasteiger partial charge is 0.407 e. The average molecular weight is 187 g/mol. The second kappa shape index (κ2) is 3.24. The van der Waals surface area contributed by atoms with E-state index in [1.54, 1.807) is 0 Å². The minimum Gasteiger partial charge on any atom is -0.480 e. The summed E-state index contributed by atoms with van der Waals surface area (Å²) in [7, 11) is 1.21. The van der Waals surface area contributed by atoms with E-state index in [-0.39, 0.29) is 5.92 Å². The summed E-state index contributed by atoms with van der Waals surface area (Å²) in [5.74, 6) is -0.982. The van der Waals surface area contributed by atoms with Crippen molar-refractivity contribution in [2.45, 2.75) is 25.3 Å². The number of alkyl carbamates (subject to hydrolysis) is 1. The fourth-order valence-electron chi connectivity index (χ4n) is 1.25. The van der Waals surface area contributed by atoms with Crippen molar-refractivity contribution < 1.29 is 19.4 Å². The van der Waals surface area contributed by atoms with Crippen LogP contribution in [0.2, 0.25) is 0 Å². The van der Waals surface area contributed by atoms with Crippen molar-refractivity contribution in [2.24, 2.45) is 5.92 Å². The number of methoxy groups -OCH3 is 1. The number of hydrogen-bond donors (Lipinski definition) is 2. The van der Waals surface area contributed by atoms with Crippen LogP contribution in [0.3, 0.4) is 0 Å². The molecule has 13 heavy (non-hydrogen) atoms. The normalized spacial score (nSPS) is 20.2. The van der Waals surface area contributed by atoms with Gasteiger partial charge in [0.2, 0.25) is 0 Å². The fraction of sp³-hybridized carbons (Fsp3) is 0.750. The number of hydrogen-bond acceptors (Lipinski definition) is 3. The third-order valence-corrected chi connectivity index (χ3v) is 2.39. The molecule has 1 saturated carbocycles. The van der Waals surface area contributed by atoms with Gasteiger partial charge in [0.05, 0.1) is 7.11 Å². The second-order valence-electron chi connectivity index (χ2n) is 3.40. The van der Waals surface area contributed by atoms with Gasteiger partial charge in [-0.25, -0.2) is 9.59 Å². The molecule has 5 nitrogen and oxygen atoms in total. The molecule has 0 bridgehead atoms. The molecule has 1 aliphatic carbocycles. The van der Waals surface area contributed by atoms with Crippen LogP contribution in [-0.2, 0) is 9.53 Å². The van der Waals surface area contributed by atoms with Crippen molar-refractivity contribution in [3.63, 3.8) is 0 Å². The topological polar surface area (TPSA) is 75.6 Å². The summed E-state index contributed by atoms with van der Waals surface area (Å²) < 4.78 is 4.36. The van der Waals surface area contributed by atoms with Gasteiger partial charge in [-0.05, 0) is 25.7 Å². The molecule has 1 atom stereocenters. The van der Waals surface area contributed by atoms with Crippen LogP contribution in [-0.4, -0.2) is 29.8 Å². The van der Waals surface area contributed by atoms with E-state index in [9.17, 15) is 9.59 Å². The Bertz CT molecular complexity index is 236. The van der Waals surface area contributed by atoms with Gasteiger partial charge in [-0.15, -0.1) is 0 Å². The van der Waals surface area contributed by atoms with Gasteiger partial charge in [-0.3, -0.25) is 0 Å². The van der Waals surface area contributed by atoms with Gasteiger partial charge < -0.3 is 15.2 Å². The number of carboxylic acids is 1. The third-order valence-electron chi connectivity index (χ3n) is 2.39. The standard InChI is InChI=1S/C8H13NO4/c1-8(6(10)11,5-3-4-5)9-7(12)13-2/h5H,3-4H2,1-2H3,(H,9,12)(H,10,11). The molecule has 0 radical (unpaired) electrons. The van der Waals surface area contributed by atoms with E-state index in [0.717, 1.165) is 12.8 Å². The van der Waals surface area contributed by atoms with E-state index in [4.69, 9.17) is 5.11 Å². The molecule has 0 spiro atoms. The van der Waals surface area contributed by atoms with Gasteiger partial charge in [-0.1, -0.05) is 0 Å². The quantitative estimate of drug-likeness (QED) is 0.678. The number of carboxylic acid groups (broad SMARTS) is 1. The van der Waals surface area contributed by atoms with E-state index in [1.807, 2.05) is 0 Å². The molecule has 0 heterocycles. The van der Waals surface area contributed by atoms with E-state index >= 15 is 0 Å². The van der Waals surface area contributed by atoms with Gasteiger partial charge in [0, 0.05) is 0 Å². The molecule has 0 aromatic carbocycles. The lowest BCUT2D eigenvalue weighted by molar-refractivity contribution is -0.144. The molecular weight excluding hydrogens is 174 g/mol. The van der Waals surface area contributed by atoms with Crippen LogP contribution in [0.5, 0.6) is 0 Å². The molecule has 1 unspecified atom stereocenters. The third kappa shape index (κ3) is 1.91. The first kappa shape index (κ1) is 9.83. The van der Waals surface area contributed by atoms with Crippen molar-refractivity contribution in [3.8, 4) is 0 Å². The first-order chi connectivity index (χ1) is 6.00. The maximum Gasteiger partial charge on any atom is 0.407 e. The minimum atomic E-state index is -1.17. The van der Waals surface area contributed by atoms with E-state index < -0.39 is 17.6 Å².